The molecule has 2 unspecified atom stereocenters. The van der Waals surface area contributed by atoms with Crippen LogP contribution in [0.3, 0.4) is 0 Å². The second-order valence-corrected chi connectivity index (χ2v) is 6.27. The average molecular weight is 288 g/mol. The number of para-hydroxylation sites is 1. The van der Waals surface area contributed by atoms with Gasteiger partial charge in [0.2, 0.25) is 5.91 Å². The molecule has 0 saturated carbocycles. The fraction of sp³-hybridized carbons (Fsp3) is 0.588. The number of amides is 1. The minimum absolute atomic E-state index is 0.159. The summed E-state index contributed by atoms with van der Waals surface area (Å²) in [4.78, 5) is 12.1. The first kappa shape index (κ1) is 14.4. The van der Waals surface area contributed by atoms with Crippen LogP contribution in [0.1, 0.15) is 37.7 Å². The van der Waals surface area contributed by atoms with Crippen LogP contribution < -0.4 is 15.4 Å². The lowest BCUT2D eigenvalue weighted by molar-refractivity contribution is -0.122. The zero-order valence-electron chi connectivity index (χ0n) is 12.6. The number of carbonyl (C=O) groups excluding carboxylic acids is 1. The summed E-state index contributed by atoms with van der Waals surface area (Å²) in [6, 6.07) is 9.12. The molecule has 4 nitrogen and oxygen atoms in total. The van der Waals surface area contributed by atoms with E-state index in [2.05, 4.69) is 10.6 Å². The maximum absolute atomic E-state index is 12.1. The molecule has 2 saturated heterocycles. The molecule has 0 aliphatic carbocycles. The van der Waals surface area contributed by atoms with Crippen LogP contribution in [-0.2, 0) is 11.3 Å². The van der Waals surface area contributed by atoms with Crippen molar-refractivity contribution in [1.82, 2.24) is 10.6 Å². The topological polar surface area (TPSA) is 50.4 Å². The van der Waals surface area contributed by atoms with Crippen LogP contribution in [0.15, 0.2) is 24.3 Å². The molecular formula is C17H24N2O2. The lowest BCUT2D eigenvalue weighted by Crippen LogP contribution is -2.39. The highest BCUT2D eigenvalue weighted by Crippen LogP contribution is 2.32. The van der Waals surface area contributed by atoms with Crippen LogP contribution in [0, 0.1) is 5.92 Å². The van der Waals surface area contributed by atoms with Gasteiger partial charge in [-0.1, -0.05) is 18.2 Å². The lowest BCUT2D eigenvalue weighted by Gasteiger charge is -2.28. The van der Waals surface area contributed by atoms with Gasteiger partial charge in [0.25, 0.3) is 0 Å². The predicted molar refractivity (Wildman–Crippen MR) is 82.1 cm³/mol. The van der Waals surface area contributed by atoms with Gasteiger partial charge in [-0.05, 0) is 37.7 Å². The summed E-state index contributed by atoms with van der Waals surface area (Å²) in [6.45, 7) is 0.542. The molecule has 2 fully saturated rings. The van der Waals surface area contributed by atoms with Crippen molar-refractivity contribution < 1.29 is 9.53 Å². The number of hydrogen-bond acceptors (Lipinski definition) is 3. The standard InChI is InChI=1S/C17H24N2O2/c1-21-16-5-3-2-4-13(16)11-18-17(20)10-12-8-14-6-7-15(9-12)19-14/h2-5,12,14-15,19H,6-11H2,1H3,(H,18,20). The smallest absolute Gasteiger partial charge is 0.220 e. The van der Waals surface area contributed by atoms with E-state index < -0.39 is 0 Å². The molecule has 2 bridgehead atoms. The van der Waals surface area contributed by atoms with Crippen LogP contribution >= 0.6 is 0 Å². The van der Waals surface area contributed by atoms with Crippen LogP contribution in [0.2, 0.25) is 0 Å². The van der Waals surface area contributed by atoms with E-state index in [4.69, 9.17) is 4.74 Å². The maximum Gasteiger partial charge on any atom is 0.220 e. The first-order chi connectivity index (χ1) is 10.2. The minimum atomic E-state index is 0.159. The van der Waals surface area contributed by atoms with E-state index in [-0.39, 0.29) is 5.91 Å². The summed E-state index contributed by atoms with van der Waals surface area (Å²) in [5, 5.41) is 6.65. The van der Waals surface area contributed by atoms with Crippen LogP contribution in [0.4, 0.5) is 0 Å². The van der Waals surface area contributed by atoms with Gasteiger partial charge in [-0.3, -0.25) is 4.79 Å². The zero-order valence-corrected chi connectivity index (χ0v) is 12.6. The molecule has 4 heteroatoms. The fourth-order valence-electron chi connectivity index (χ4n) is 3.72. The Kier molecular flexibility index (Phi) is 4.44. The van der Waals surface area contributed by atoms with E-state index in [0.29, 0.717) is 31.0 Å². The molecule has 2 N–H and O–H groups in total. The van der Waals surface area contributed by atoms with Gasteiger partial charge in [-0.2, -0.15) is 0 Å². The molecule has 1 aromatic rings. The first-order valence-electron chi connectivity index (χ1n) is 7.89. The zero-order chi connectivity index (χ0) is 14.7. The monoisotopic (exact) mass is 288 g/mol. The minimum Gasteiger partial charge on any atom is -0.496 e. The molecule has 21 heavy (non-hydrogen) atoms. The highest BCUT2D eigenvalue weighted by Gasteiger charge is 2.34. The number of carbonyl (C=O) groups is 1. The van der Waals surface area contributed by atoms with E-state index in [1.165, 1.54) is 12.8 Å². The number of piperidine rings is 1. The van der Waals surface area contributed by atoms with Crippen molar-refractivity contribution in [3.63, 3.8) is 0 Å². The maximum atomic E-state index is 12.1. The highest BCUT2D eigenvalue weighted by molar-refractivity contribution is 5.76. The van der Waals surface area contributed by atoms with E-state index in [9.17, 15) is 4.79 Å². The Morgan fingerprint density at radius 2 is 2.00 bits per heavy atom. The molecule has 2 aliphatic rings. The molecule has 1 amide bonds. The van der Waals surface area contributed by atoms with Gasteiger partial charge in [-0.25, -0.2) is 0 Å². The summed E-state index contributed by atoms with van der Waals surface area (Å²) < 4.78 is 5.30. The van der Waals surface area contributed by atoms with Gasteiger partial charge in [0.15, 0.2) is 0 Å². The summed E-state index contributed by atoms with van der Waals surface area (Å²) in [5.41, 5.74) is 1.03. The molecule has 2 atom stereocenters. The van der Waals surface area contributed by atoms with Gasteiger partial charge in [0.05, 0.1) is 7.11 Å². The quantitative estimate of drug-likeness (QED) is 0.873. The lowest BCUT2D eigenvalue weighted by atomic mass is 9.89. The molecule has 114 valence electrons. The van der Waals surface area contributed by atoms with Gasteiger partial charge in [-0.15, -0.1) is 0 Å². The Balaban J connectivity index is 1.48. The Bertz CT molecular complexity index is 491. The van der Waals surface area contributed by atoms with Crippen molar-refractivity contribution in [2.75, 3.05) is 7.11 Å². The normalized spacial score (nSPS) is 27.4. The van der Waals surface area contributed by atoms with Gasteiger partial charge >= 0.3 is 0 Å². The van der Waals surface area contributed by atoms with E-state index >= 15 is 0 Å². The van der Waals surface area contributed by atoms with Gasteiger partial charge in [0, 0.05) is 30.6 Å². The molecule has 2 heterocycles. The van der Waals surface area contributed by atoms with Crippen molar-refractivity contribution in [3.8, 4) is 5.75 Å². The van der Waals surface area contributed by atoms with Crippen molar-refractivity contribution in [2.45, 2.75) is 50.7 Å². The number of rotatable bonds is 5. The number of benzene rings is 1. The van der Waals surface area contributed by atoms with Gasteiger partial charge in [0.1, 0.15) is 5.75 Å². The van der Waals surface area contributed by atoms with E-state index in [0.717, 1.165) is 24.2 Å². The van der Waals surface area contributed by atoms with Gasteiger partial charge < -0.3 is 15.4 Å². The number of methoxy groups -OCH3 is 1. The van der Waals surface area contributed by atoms with Crippen LogP contribution in [-0.4, -0.2) is 25.1 Å². The fourth-order valence-corrected chi connectivity index (χ4v) is 3.72. The Hall–Kier alpha value is -1.55. The highest BCUT2D eigenvalue weighted by atomic mass is 16.5. The Morgan fingerprint density at radius 1 is 1.29 bits per heavy atom. The molecule has 0 radical (unpaired) electrons. The largest absolute Gasteiger partial charge is 0.496 e. The summed E-state index contributed by atoms with van der Waals surface area (Å²) in [6.07, 6.45) is 5.52. The third-order valence-corrected chi connectivity index (χ3v) is 4.71. The Labute approximate surface area is 126 Å². The van der Waals surface area contributed by atoms with E-state index in [1.54, 1.807) is 7.11 Å². The van der Waals surface area contributed by atoms with Crippen molar-refractivity contribution >= 4 is 5.91 Å². The summed E-state index contributed by atoms with van der Waals surface area (Å²) in [7, 11) is 1.66. The average Bonchev–Trinajstić information content (AvgIpc) is 2.84. The molecule has 2 aliphatic heterocycles. The first-order valence-corrected chi connectivity index (χ1v) is 7.89. The third kappa shape index (κ3) is 3.56. The number of ether oxygens (including phenoxy) is 1. The molecule has 0 aromatic heterocycles. The van der Waals surface area contributed by atoms with Crippen molar-refractivity contribution in [3.05, 3.63) is 29.8 Å². The number of hydrogen-bond donors (Lipinski definition) is 2. The summed E-state index contributed by atoms with van der Waals surface area (Å²) in [5.74, 6) is 1.53. The summed E-state index contributed by atoms with van der Waals surface area (Å²) >= 11 is 0. The SMILES string of the molecule is COc1ccccc1CNC(=O)CC1CC2CCC(C1)N2. The second-order valence-electron chi connectivity index (χ2n) is 6.27. The molecule has 3 rings (SSSR count). The van der Waals surface area contributed by atoms with E-state index in [1.807, 2.05) is 24.3 Å². The van der Waals surface area contributed by atoms with Crippen molar-refractivity contribution in [2.24, 2.45) is 5.92 Å². The molecular weight excluding hydrogens is 264 g/mol. The Morgan fingerprint density at radius 3 is 2.71 bits per heavy atom. The predicted octanol–water partition coefficient (Wildman–Crippen LogP) is 2.23. The molecule has 0 spiro atoms. The second kappa shape index (κ2) is 6.48. The van der Waals surface area contributed by atoms with Crippen molar-refractivity contribution in [1.29, 1.82) is 0 Å². The number of fused-ring (bicyclic) bond motifs is 2. The van der Waals surface area contributed by atoms with Crippen LogP contribution in [0.5, 0.6) is 5.75 Å². The third-order valence-electron chi connectivity index (χ3n) is 4.71. The van der Waals surface area contributed by atoms with Crippen LogP contribution in [0.25, 0.3) is 0 Å². The molecule has 1 aromatic carbocycles. The number of nitrogens with one attached hydrogen (secondary N) is 2.